The highest BCUT2D eigenvalue weighted by Crippen LogP contribution is 2.22. The van der Waals surface area contributed by atoms with Crippen molar-refractivity contribution in [3.8, 4) is 0 Å². The minimum Gasteiger partial charge on any atom is -0.397 e. The summed E-state index contributed by atoms with van der Waals surface area (Å²) in [7, 11) is 1.96. The summed E-state index contributed by atoms with van der Waals surface area (Å²) in [5.41, 5.74) is 7.75. The SMILES string of the molecule is CCCC(NC)c1ccncc1N. The molecule has 0 radical (unpaired) electrons. The predicted octanol–water partition coefficient (Wildman–Crippen LogP) is 1.72. The Bertz CT molecular complexity index is 260. The highest BCUT2D eigenvalue weighted by atomic mass is 14.9. The quantitative estimate of drug-likeness (QED) is 0.740. The third-order valence-electron chi connectivity index (χ3n) is 2.19. The van der Waals surface area contributed by atoms with Crippen LogP contribution in [0.3, 0.4) is 0 Å². The van der Waals surface area contributed by atoms with Crippen molar-refractivity contribution in [2.75, 3.05) is 12.8 Å². The lowest BCUT2D eigenvalue weighted by molar-refractivity contribution is 0.542. The van der Waals surface area contributed by atoms with E-state index < -0.39 is 0 Å². The lowest BCUT2D eigenvalue weighted by Gasteiger charge is -2.16. The molecule has 3 heteroatoms. The van der Waals surface area contributed by atoms with Gasteiger partial charge in [-0.25, -0.2) is 0 Å². The van der Waals surface area contributed by atoms with Gasteiger partial charge < -0.3 is 11.1 Å². The van der Waals surface area contributed by atoms with Gasteiger partial charge in [0.15, 0.2) is 0 Å². The number of rotatable bonds is 4. The molecule has 3 N–H and O–H groups in total. The Morgan fingerprint density at radius 3 is 2.92 bits per heavy atom. The monoisotopic (exact) mass is 179 g/mol. The highest BCUT2D eigenvalue weighted by molar-refractivity contribution is 5.45. The Hall–Kier alpha value is -1.09. The second-order valence-corrected chi connectivity index (χ2v) is 3.13. The molecule has 0 aromatic carbocycles. The predicted molar refractivity (Wildman–Crippen MR) is 55.4 cm³/mol. The average Bonchev–Trinajstić information content (AvgIpc) is 2.16. The minimum absolute atomic E-state index is 0.355. The van der Waals surface area contributed by atoms with Crippen LogP contribution < -0.4 is 11.1 Å². The summed E-state index contributed by atoms with van der Waals surface area (Å²) in [6.07, 6.45) is 5.74. The third-order valence-corrected chi connectivity index (χ3v) is 2.19. The van der Waals surface area contributed by atoms with E-state index in [0.29, 0.717) is 6.04 Å². The molecule has 1 rings (SSSR count). The van der Waals surface area contributed by atoms with E-state index in [2.05, 4.69) is 17.2 Å². The van der Waals surface area contributed by atoms with Gasteiger partial charge in [0.1, 0.15) is 0 Å². The molecule has 0 aliphatic carbocycles. The van der Waals surface area contributed by atoms with Crippen LogP contribution in [-0.2, 0) is 0 Å². The zero-order valence-corrected chi connectivity index (χ0v) is 8.25. The van der Waals surface area contributed by atoms with E-state index in [9.17, 15) is 0 Å². The number of aromatic nitrogens is 1. The van der Waals surface area contributed by atoms with Crippen LogP contribution in [0.5, 0.6) is 0 Å². The van der Waals surface area contributed by atoms with Crippen molar-refractivity contribution in [1.82, 2.24) is 10.3 Å². The van der Waals surface area contributed by atoms with Gasteiger partial charge in [0.05, 0.1) is 11.9 Å². The normalized spacial score (nSPS) is 12.8. The van der Waals surface area contributed by atoms with Gasteiger partial charge in [0, 0.05) is 12.2 Å². The Morgan fingerprint density at radius 1 is 1.62 bits per heavy atom. The molecule has 1 heterocycles. The van der Waals surface area contributed by atoms with Crippen molar-refractivity contribution >= 4 is 5.69 Å². The molecule has 13 heavy (non-hydrogen) atoms. The first-order valence-electron chi connectivity index (χ1n) is 4.66. The number of nitrogens with one attached hydrogen (secondary N) is 1. The standard InChI is InChI=1S/C10H17N3/c1-3-4-10(12-2)8-5-6-13-7-9(8)11/h5-7,10,12H,3-4,11H2,1-2H3. The summed E-state index contributed by atoms with van der Waals surface area (Å²) >= 11 is 0. The van der Waals surface area contributed by atoms with E-state index >= 15 is 0 Å². The molecule has 0 bridgehead atoms. The Labute approximate surface area is 79.4 Å². The van der Waals surface area contributed by atoms with E-state index in [0.717, 1.165) is 24.1 Å². The Morgan fingerprint density at radius 2 is 2.38 bits per heavy atom. The maximum Gasteiger partial charge on any atom is 0.0549 e. The van der Waals surface area contributed by atoms with Gasteiger partial charge in [0.2, 0.25) is 0 Å². The van der Waals surface area contributed by atoms with E-state index in [4.69, 9.17) is 5.73 Å². The Kier molecular flexibility index (Phi) is 3.71. The molecule has 0 aliphatic rings. The van der Waals surface area contributed by atoms with E-state index in [1.54, 1.807) is 12.4 Å². The molecular formula is C10H17N3. The number of nitrogens with two attached hydrogens (primary N) is 1. The third kappa shape index (κ3) is 2.42. The van der Waals surface area contributed by atoms with Crippen LogP contribution in [0.25, 0.3) is 0 Å². The van der Waals surface area contributed by atoms with E-state index in [-0.39, 0.29) is 0 Å². The fourth-order valence-electron chi connectivity index (χ4n) is 1.48. The molecule has 0 fully saturated rings. The number of nitrogen functional groups attached to an aromatic ring is 1. The largest absolute Gasteiger partial charge is 0.397 e. The Balaban J connectivity index is 2.84. The summed E-state index contributed by atoms with van der Waals surface area (Å²) in [5.74, 6) is 0. The summed E-state index contributed by atoms with van der Waals surface area (Å²) in [6, 6.07) is 2.33. The van der Waals surface area contributed by atoms with Crippen molar-refractivity contribution in [3.63, 3.8) is 0 Å². The summed E-state index contributed by atoms with van der Waals surface area (Å²) in [5, 5.41) is 3.25. The van der Waals surface area contributed by atoms with Gasteiger partial charge in [-0.05, 0) is 25.1 Å². The maximum absolute atomic E-state index is 5.82. The van der Waals surface area contributed by atoms with Gasteiger partial charge in [-0.15, -0.1) is 0 Å². The van der Waals surface area contributed by atoms with Crippen molar-refractivity contribution in [2.45, 2.75) is 25.8 Å². The smallest absolute Gasteiger partial charge is 0.0549 e. The van der Waals surface area contributed by atoms with Crippen LogP contribution in [0, 0.1) is 0 Å². The fraction of sp³-hybridized carbons (Fsp3) is 0.500. The number of anilines is 1. The number of hydrogen-bond donors (Lipinski definition) is 2. The maximum atomic E-state index is 5.82. The average molecular weight is 179 g/mol. The van der Waals surface area contributed by atoms with Crippen LogP contribution in [0.4, 0.5) is 5.69 Å². The van der Waals surface area contributed by atoms with Crippen molar-refractivity contribution in [2.24, 2.45) is 0 Å². The summed E-state index contributed by atoms with van der Waals surface area (Å²) in [4.78, 5) is 3.97. The van der Waals surface area contributed by atoms with Crippen LogP contribution >= 0.6 is 0 Å². The topological polar surface area (TPSA) is 50.9 Å². The zero-order chi connectivity index (χ0) is 9.68. The second kappa shape index (κ2) is 4.82. The van der Waals surface area contributed by atoms with Crippen LogP contribution in [0.2, 0.25) is 0 Å². The first-order valence-corrected chi connectivity index (χ1v) is 4.66. The first-order chi connectivity index (χ1) is 6.29. The lowest BCUT2D eigenvalue weighted by Crippen LogP contribution is -2.17. The molecular weight excluding hydrogens is 162 g/mol. The van der Waals surface area contributed by atoms with Crippen molar-refractivity contribution in [1.29, 1.82) is 0 Å². The number of hydrogen-bond acceptors (Lipinski definition) is 3. The van der Waals surface area contributed by atoms with Gasteiger partial charge >= 0.3 is 0 Å². The van der Waals surface area contributed by atoms with Gasteiger partial charge in [-0.2, -0.15) is 0 Å². The van der Waals surface area contributed by atoms with Crippen LogP contribution in [0.1, 0.15) is 31.4 Å². The van der Waals surface area contributed by atoms with E-state index in [1.807, 2.05) is 13.1 Å². The van der Waals surface area contributed by atoms with Crippen LogP contribution in [-0.4, -0.2) is 12.0 Å². The molecule has 0 saturated carbocycles. The molecule has 72 valence electrons. The van der Waals surface area contributed by atoms with E-state index in [1.165, 1.54) is 0 Å². The summed E-state index contributed by atoms with van der Waals surface area (Å²) in [6.45, 7) is 2.17. The molecule has 1 aromatic heterocycles. The molecule has 0 amide bonds. The van der Waals surface area contributed by atoms with Crippen molar-refractivity contribution < 1.29 is 0 Å². The molecule has 3 nitrogen and oxygen atoms in total. The second-order valence-electron chi connectivity index (χ2n) is 3.13. The minimum atomic E-state index is 0.355. The van der Waals surface area contributed by atoms with Gasteiger partial charge in [-0.3, -0.25) is 4.98 Å². The summed E-state index contributed by atoms with van der Waals surface area (Å²) < 4.78 is 0. The molecule has 1 unspecified atom stereocenters. The highest BCUT2D eigenvalue weighted by Gasteiger charge is 2.10. The van der Waals surface area contributed by atoms with Crippen molar-refractivity contribution in [3.05, 3.63) is 24.0 Å². The van der Waals surface area contributed by atoms with Gasteiger partial charge in [0.25, 0.3) is 0 Å². The van der Waals surface area contributed by atoms with Gasteiger partial charge in [-0.1, -0.05) is 13.3 Å². The number of pyridine rings is 1. The molecule has 0 saturated heterocycles. The zero-order valence-electron chi connectivity index (χ0n) is 8.25. The fourth-order valence-corrected chi connectivity index (χ4v) is 1.48. The number of nitrogens with zero attached hydrogens (tertiary/aromatic N) is 1. The molecule has 0 spiro atoms. The molecule has 1 aromatic rings. The lowest BCUT2D eigenvalue weighted by atomic mass is 10.0. The van der Waals surface area contributed by atoms with Crippen LogP contribution in [0.15, 0.2) is 18.5 Å². The molecule has 0 aliphatic heterocycles. The molecule has 1 atom stereocenters. The first kappa shape index (κ1) is 9.99.